The highest BCUT2D eigenvalue weighted by Crippen LogP contribution is 2.31. The van der Waals surface area contributed by atoms with Gasteiger partial charge in [0.1, 0.15) is 0 Å². The van der Waals surface area contributed by atoms with Crippen LogP contribution in [0.4, 0.5) is 0 Å². The van der Waals surface area contributed by atoms with Crippen molar-refractivity contribution in [2.75, 3.05) is 20.8 Å². The van der Waals surface area contributed by atoms with Crippen molar-refractivity contribution in [2.45, 2.75) is 58.0 Å². The van der Waals surface area contributed by atoms with Gasteiger partial charge in [-0.2, -0.15) is 0 Å². The number of likely N-dealkylation sites (tertiary alicyclic amines) is 1. The van der Waals surface area contributed by atoms with Gasteiger partial charge in [0.05, 0.1) is 14.2 Å². The molecule has 0 radical (unpaired) electrons. The minimum absolute atomic E-state index is 0.114. The van der Waals surface area contributed by atoms with Crippen LogP contribution < -0.4 is 9.47 Å². The van der Waals surface area contributed by atoms with Gasteiger partial charge in [-0.1, -0.05) is 12.1 Å². The first kappa shape index (κ1) is 20.1. The molecule has 1 aromatic rings. The molecule has 2 atom stereocenters. The van der Waals surface area contributed by atoms with Gasteiger partial charge in [-0.15, -0.1) is 0 Å². The van der Waals surface area contributed by atoms with Crippen molar-refractivity contribution in [3.05, 3.63) is 23.8 Å². The van der Waals surface area contributed by atoms with E-state index >= 15 is 0 Å². The summed E-state index contributed by atoms with van der Waals surface area (Å²) in [6.45, 7) is 3.90. The van der Waals surface area contributed by atoms with E-state index in [4.69, 9.17) is 14.2 Å². The molecule has 1 amide bonds. The second kappa shape index (κ2) is 9.46. The Bertz CT molecular complexity index is 621. The average molecular weight is 363 g/mol. The van der Waals surface area contributed by atoms with Gasteiger partial charge in [-0.05, 0) is 51.2 Å². The summed E-state index contributed by atoms with van der Waals surface area (Å²) in [6.07, 6.45) is 3.78. The molecule has 1 aliphatic rings. The number of aryl methyl sites for hydroxylation is 1. The second-order valence-corrected chi connectivity index (χ2v) is 6.74. The molecule has 1 saturated heterocycles. The van der Waals surface area contributed by atoms with E-state index in [1.165, 1.54) is 0 Å². The molecule has 0 N–H and O–H groups in total. The second-order valence-electron chi connectivity index (χ2n) is 6.74. The number of rotatable bonds is 7. The van der Waals surface area contributed by atoms with Gasteiger partial charge < -0.3 is 19.1 Å². The zero-order valence-electron chi connectivity index (χ0n) is 16.1. The van der Waals surface area contributed by atoms with Gasteiger partial charge in [-0.3, -0.25) is 9.59 Å². The Morgan fingerprint density at radius 1 is 1.12 bits per heavy atom. The topological polar surface area (TPSA) is 65.1 Å². The summed E-state index contributed by atoms with van der Waals surface area (Å²) in [4.78, 5) is 26.3. The molecule has 1 heterocycles. The molecule has 0 aliphatic carbocycles. The van der Waals surface area contributed by atoms with Gasteiger partial charge in [0.2, 0.25) is 0 Å². The van der Waals surface area contributed by atoms with Gasteiger partial charge >= 0.3 is 5.97 Å². The van der Waals surface area contributed by atoms with Crippen molar-refractivity contribution in [1.82, 2.24) is 4.90 Å². The first-order valence-electron chi connectivity index (χ1n) is 9.14. The molecule has 6 heteroatoms. The summed E-state index contributed by atoms with van der Waals surface area (Å²) >= 11 is 0. The van der Waals surface area contributed by atoms with E-state index in [0.717, 1.165) is 24.8 Å². The third kappa shape index (κ3) is 4.90. The minimum Gasteiger partial charge on any atom is -0.493 e. The van der Waals surface area contributed by atoms with E-state index in [-0.39, 0.29) is 37.0 Å². The first-order valence-corrected chi connectivity index (χ1v) is 9.14. The smallest absolute Gasteiger partial charge is 0.306 e. The maximum Gasteiger partial charge on any atom is 0.306 e. The van der Waals surface area contributed by atoms with Crippen molar-refractivity contribution >= 4 is 11.9 Å². The van der Waals surface area contributed by atoms with Crippen LogP contribution in [0, 0.1) is 0 Å². The number of benzene rings is 1. The molecule has 0 saturated carbocycles. The molecule has 2 unspecified atom stereocenters. The van der Waals surface area contributed by atoms with Crippen molar-refractivity contribution < 1.29 is 23.8 Å². The number of methoxy groups -OCH3 is 2. The number of esters is 1. The predicted molar refractivity (Wildman–Crippen MR) is 98.4 cm³/mol. The van der Waals surface area contributed by atoms with Crippen LogP contribution in [-0.4, -0.2) is 49.7 Å². The maximum absolute atomic E-state index is 12.4. The van der Waals surface area contributed by atoms with Crippen molar-refractivity contribution in [3.8, 4) is 11.5 Å². The Kier molecular flexibility index (Phi) is 7.30. The number of hydrogen-bond acceptors (Lipinski definition) is 5. The summed E-state index contributed by atoms with van der Waals surface area (Å²) in [6, 6.07) is 5.94. The van der Waals surface area contributed by atoms with Crippen molar-refractivity contribution in [3.63, 3.8) is 0 Å². The van der Waals surface area contributed by atoms with E-state index in [1.807, 2.05) is 30.9 Å². The molecule has 2 rings (SSSR count). The molecule has 0 aromatic heterocycles. The summed E-state index contributed by atoms with van der Waals surface area (Å²) in [5.41, 5.74) is 0.869. The third-order valence-electron chi connectivity index (χ3n) is 4.92. The van der Waals surface area contributed by atoms with Gasteiger partial charge in [-0.25, -0.2) is 0 Å². The summed E-state index contributed by atoms with van der Waals surface area (Å²) in [5.74, 6) is 0.744. The Balaban J connectivity index is 1.85. The number of carbonyl (C=O) groups excluding carboxylic acids is 2. The summed E-state index contributed by atoms with van der Waals surface area (Å²) in [7, 11) is 3.14. The van der Waals surface area contributed by atoms with Crippen LogP contribution in [0.1, 0.15) is 45.1 Å². The van der Waals surface area contributed by atoms with E-state index < -0.39 is 0 Å². The minimum atomic E-state index is -0.388. The van der Waals surface area contributed by atoms with E-state index in [2.05, 4.69) is 0 Å². The van der Waals surface area contributed by atoms with Crippen LogP contribution >= 0.6 is 0 Å². The number of nitrogens with zero attached hydrogens (tertiary/aromatic N) is 1. The monoisotopic (exact) mass is 363 g/mol. The zero-order chi connectivity index (χ0) is 19.1. The van der Waals surface area contributed by atoms with Crippen LogP contribution in [-0.2, 0) is 20.7 Å². The van der Waals surface area contributed by atoms with Crippen molar-refractivity contribution in [1.29, 1.82) is 0 Å². The lowest BCUT2D eigenvalue weighted by molar-refractivity contribution is -0.154. The van der Waals surface area contributed by atoms with Crippen LogP contribution in [0.25, 0.3) is 0 Å². The molecule has 6 nitrogen and oxygen atoms in total. The number of hydrogen-bond donors (Lipinski definition) is 0. The fraction of sp³-hybridized carbons (Fsp3) is 0.600. The van der Waals surface area contributed by atoms with Crippen LogP contribution in [0.2, 0.25) is 0 Å². The molecule has 1 fully saturated rings. The summed E-state index contributed by atoms with van der Waals surface area (Å²) in [5, 5.41) is 0. The normalized spacial score (nSPS) is 19.8. The third-order valence-corrected chi connectivity index (χ3v) is 4.92. The fourth-order valence-corrected chi connectivity index (χ4v) is 3.59. The van der Waals surface area contributed by atoms with Gasteiger partial charge in [0.15, 0.2) is 18.1 Å². The molecule has 144 valence electrons. The van der Waals surface area contributed by atoms with Crippen LogP contribution in [0.5, 0.6) is 11.5 Å². The molecular weight excluding hydrogens is 334 g/mol. The van der Waals surface area contributed by atoms with E-state index in [9.17, 15) is 9.59 Å². The Morgan fingerprint density at radius 2 is 1.81 bits per heavy atom. The highest BCUT2D eigenvalue weighted by atomic mass is 16.5. The molecule has 1 aliphatic heterocycles. The lowest BCUT2D eigenvalue weighted by atomic mass is 9.97. The number of piperidine rings is 1. The Labute approximate surface area is 155 Å². The zero-order valence-corrected chi connectivity index (χ0v) is 16.1. The lowest BCUT2D eigenvalue weighted by Gasteiger charge is -2.38. The SMILES string of the molecule is COc1cccc(CCC(=O)OCC(=O)N2C(C)CCCC2C)c1OC. The quantitative estimate of drug-likeness (QED) is 0.697. The average Bonchev–Trinajstić information content (AvgIpc) is 2.63. The lowest BCUT2D eigenvalue weighted by Crippen LogP contribution is -2.49. The number of carbonyl (C=O) groups is 2. The van der Waals surface area contributed by atoms with Crippen LogP contribution in [0.3, 0.4) is 0 Å². The van der Waals surface area contributed by atoms with Crippen LogP contribution in [0.15, 0.2) is 18.2 Å². The largest absolute Gasteiger partial charge is 0.493 e. The van der Waals surface area contributed by atoms with Gasteiger partial charge in [0.25, 0.3) is 5.91 Å². The molecule has 0 spiro atoms. The number of ether oxygens (including phenoxy) is 3. The Morgan fingerprint density at radius 3 is 2.42 bits per heavy atom. The highest BCUT2D eigenvalue weighted by molar-refractivity contribution is 5.81. The predicted octanol–water partition coefficient (Wildman–Crippen LogP) is 2.97. The first-order chi connectivity index (χ1) is 12.5. The standard InChI is InChI=1S/C20H29NO5/c1-14-7-5-8-15(2)21(14)18(22)13-26-19(23)12-11-16-9-6-10-17(24-3)20(16)25-4/h6,9-10,14-15H,5,7-8,11-13H2,1-4H3. The molecule has 1 aromatic carbocycles. The van der Waals surface area contributed by atoms with E-state index in [1.54, 1.807) is 20.3 Å². The van der Waals surface area contributed by atoms with E-state index in [0.29, 0.717) is 17.9 Å². The fourth-order valence-electron chi connectivity index (χ4n) is 3.59. The maximum atomic E-state index is 12.4. The molecule has 0 bridgehead atoms. The van der Waals surface area contributed by atoms with Gasteiger partial charge in [0, 0.05) is 18.5 Å². The summed E-state index contributed by atoms with van der Waals surface area (Å²) < 4.78 is 15.8. The Hall–Kier alpha value is -2.24. The number of amides is 1. The highest BCUT2D eigenvalue weighted by Gasteiger charge is 2.29. The number of para-hydroxylation sites is 1. The van der Waals surface area contributed by atoms with Crippen molar-refractivity contribution in [2.24, 2.45) is 0 Å². The molecular formula is C20H29NO5. The molecule has 26 heavy (non-hydrogen) atoms.